The topological polar surface area (TPSA) is 130 Å². The third-order valence-corrected chi connectivity index (χ3v) is 5.40. The fourth-order valence-electron chi connectivity index (χ4n) is 3.58. The molecule has 0 saturated carbocycles. The van der Waals surface area contributed by atoms with Crippen LogP contribution >= 0.6 is 0 Å². The summed E-state index contributed by atoms with van der Waals surface area (Å²) in [6.07, 6.45) is 1.64. The average molecular weight is 446 g/mol. The van der Waals surface area contributed by atoms with E-state index >= 15 is 0 Å². The number of carbonyl (C=O) groups is 4. The first-order valence-electron chi connectivity index (χ1n) is 10.3. The van der Waals surface area contributed by atoms with Gasteiger partial charge in [0.05, 0.1) is 6.26 Å². The lowest BCUT2D eigenvalue weighted by Gasteiger charge is -2.22. The number of amides is 5. The highest BCUT2D eigenvalue weighted by Gasteiger charge is 2.43. The van der Waals surface area contributed by atoms with Gasteiger partial charge >= 0.3 is 6.03 Å². The van der Waals surface area contributed by atoms with Crippen LogP contribution in [0.2, 0.25) is 0 Å². The van der Waals surface area contributed by atoms with Gasteiger partial charge in [0.15, 0.2) is 5.76 Å². The Bertz CT molecular complexity index is 1190. The third kappa shape index (κ3) is 4.77. The predicted octanol–water partition coefficient (Wildman–Crippen LogP) is 2.31. The standard InChI is InChI=1S/C24H22N4O5/c1-24(22(31)27-23(32)28-24)16-9-5-10-17(14-16)25-20(29)18(13-15-7-3-2-4-8-15)26-21(30)19-11-6-12-33-19/h2-12,14,18H,13H2,1H3,(H,25,29)(H,26,30)(H2,27,28,31,32). The minimum Gasteiger partial charge on any atom is -0.459 e. The number of carbonyl (C=O) groups excluding carboxylic acids is 4. The maximum atomic E-state index is 13.1. The highest BCUT2D eigenvalue weighted by atomic mass is 16.3. The SMILES string of the molecule is CC1(c2cccc(NC(=O)C(Cc3ccccc3)NC(=O)c3ccco3)c2)NC(=O)NC1=O. The maximum Gasteiger partial charge on any atom is 0.322 e. The van der Waals surface area contributed by atoms with Crippen molar-refractivity contribution in [3.8, 4) is 0 Å². The van der Waals surface area contributed by atoms with Crippen LogP contribution in [0.4, 0.5) is 10.5 Å². The molecule has 0 radical (unpaired) electrons. The monoisotopic (exact) mass is 446 g/mol. The molecule has 33 heavy (non-hydrogen) atoms. The number of furan rings is 1. The molecule has 0 aliphatic carbocycles. The van der Waals surface area contributed by atoms with E-state index in [1.165, 1.54) is 12.3 Å². The van der Waals surface area contributed by atoms with Crippen molar-refractivity contribution >= 4 is 29.4 Å². The molecule has 4 rings (SSSR count). The zero-order valence-corrected chi connectivity index (χ0v) is 17.8. The number of imide groups is 1. The van der Waals surface area contributed by atoms with Gasteiger partial charge in [-0.25, -0.2) is 4.79 Å². The van der Waals surface area contributed by atoms with E-state index in [4.69, 9.17) is 4.42 Å². The van der Waals surface area contributed by atoms with Crippen molar-refractivity contribution in [2.75, 3.05) is 5.32 Å². The molecule has 2 heterocycles. The fraction of sp³-hybridized carbons (Fsp3) is 0.167. The molecule has 0 spiro atoms. The Morgan fingerprint density at radius 2 is 1.82 bits per heavy atom. The van der Waals surface area contributed by atoms with Gasteiger partial charge in [-0.1, -0.05) is 42.5 Å². The molecule has 1 fully saturated rings. The summed E-state index contributed by atoms with van der Waals surface area (Å²) in [4.78, 5) is 49.5. The highest BCUT2D eigenvalue weighted by molar-refractivity contribution is 6.07. The van der Waals surface area contributed by atoms with Crippen molar-refractivity contribution in [3.05, 3.63) is 89.9 Å². The molecule has 1 saturated heterocycles. The van der Waals surface area contributed by atoms with Crippen LogP contribution in [0.5, 0.6) is 0 Å². The van der Waals surface area contributed by atoms with Gasteiger partial charge in [0.2, 0.25) is 5.91 Å². The summed E-state index contributed by atoms with van der Waals surface area (Å²) in [5, 5.41) is 10.3. The Labute approximate surface area is 189 Å². The Kier molecular flexibility index (Phi) is 5.95. The summed E-state index contributed by atoms with van der Waals surface area (Å²) in [5.74, 6) is -1.34. The van der Waals surface area contributed by atoms with Crippen molar-refractivity contribution in [2.45, 2.75) is 24.9 Å². The van der Waals surface area contributed by atoms with Gasteiger partial charge < -0.3 is 20.4 Å². The first kappa shape index (κ1) is 21.8. The molecule has 4 N–H and O–H groups in total. The van der Waals surface area contributed by atoms with Crippen molar-refractivity contribution in [3.63, 3.8) is 0 Å². The minimum absolute atomic E-state index is 0.0961. The molecule has 2 aromatic carbocycles. The van der Waals surface area contributed by atoms with Crippen LogP contribution in [-0.2, 0) is 21.5 Å². The highest BCUT2D eigenvalue weighted by Crippen LogP contribution is 2.26. The van der Waals surface area contributed by atoms with E-state index in [1.54, 1.807) is 37.3 Å². The van der Waals surface area contributed by atoms with Gasteiger partial charge in [-0.3, -0.25) is 19.7 Å². The Hall–Kier alpha value is -4.40. The number of hydrogen-bond donors (Lipinski definition) is 4. The molecule has 9 heteroatoms. The number of rotatable bonds is 7. The van der Waals surface area contributed by atoms with E-state index in [-0.39, 0.29) is 12.2 Å². The van der Waals surface area contributed by atoms with E-state index in [0.717, 1.165) is 5.56 Å². The van der Waals surface area contributed by atoms with Gasteiger partial charge in [-0.2, -0.15) is 0 Å². The second kappa shape index (κ2) is 8.99. The largest absolute Gasteiger partial charge is 0.459 e. The van der Waals surface area contributed by atoms with Crippen molar-refractivity contribution < 1.29 is 23.6 Å². The molecular formula is C24H22N4O5. The van der Waals surface area contributed by atoms with E-state index in [2.05, 4.69) is 21.3 Å². The molecule has 168 valence electrons. The van der Waals surface area contributed by atoms with Crippen LogP contribution < -0.4 is 21.3 Å². The molecule has 5 amide bonds. The lowest BCUT2D eigenvalue weighted by Crippen LogP contribution is -2.45. The molecule has 2 unspecified atom stereocenters. The van der Waals surface area contributed by atoms with Crippen LogP contribution in [0.25, 0.3) is 0 Å². The summed E-state index contributed by atoms with van der Waals surface area (Å²) >= 11 is 0. The van der Waals surface area contributed by atoms with Gasteiger partial charge in [0.25, 0.3) is 11.8 Å². The molecule has 1 aliphatic heterocycles. The molecule has 2 atom stereocenters. The third-order valence-electron chi connectivity index (χ3n) is 5.40. The van der Waals surface area contributed by atoms with Gasteiger partial charge in [0.1, 0.15) is 11.6 Å². The Morgan fingerprint density at radius 3 is 2.48 bits per heavy atom. The smallest absolute Gasteiger partial charge is 0.322 e. The number of nitrogens with one attached hydrogen (secondary N) is 4. The molecule has 3 aromatic rings. The minimum atomic E-state index is -1.26. The summed E-state index contributed by atoms with van der Waals surface area (Å²) < 4.78 is 5.13. The maximum absolute atomic E-state index is 13.1. The van der Waals surface area contributed by atoms with Crippen LogP contribution in [-0.4, -0.2) is 29.8 Å². The molecule has 9 nitrogen and oxygen atoms in total. The number of benzene rings is 2. The van der Waals surface area contributed by atoms with Crippen LogP contribution in [0, 0.1) is 0 Å². The van der Waals surface area contributed by atoms with E-state index < -0.39 is 35.3 Å². The van der Waals surface area contributed by atoms with Crippen LogP contribution in [0.15, 0.2) is 77.4 Å². The summed E-state index contributed by atoms with van der Waals surface area (Å²) in [6, 6.07) is 17.5. The lowest BCUT2D eigenvalue weighted by molar-refractivity contribution is -0.123. The molecule has 0 bridgehead atoms. The normalized spacial score (nSPS) is 18.2. The van der Waals surface area contributed by atoms with Crippen molar-refractivity contribution in [2.24, 2.45) is 0 Å². The van der Waals surface area contributed by atoms with Crippen LogP contribution in [0.3, 0.4) is 0 Å². The van der Waals surface area contributed by atoms with E-state index in [9.17, 15) is 19.2 Å². The van der Waals surface area contributed by atoms with Crippen molar-refractivity contribution in [1.82, 2.24) is 16.0 Å². The summed E-state index contributed by atoms with van der Waals surface area (Å²) in [5.41, 5.74) is 0.527. The second-order valence-electron chi connectivity index (χ2n) is 7.80. The lowest BCUT2D eigenvalue weighted by atomic mass is 9.92. The van der Waals surface area contributed by atoms with E-state index in [1.807, 2.05) is 30.3 Å². The first-order chi connectivity index (χ1) is 15.8. The number of urea groups is 1. The quantitative estimate of drug-likeness (QED) is 0.414. The number of anilines is 1. The zero-order valence-electron chi connectivity index (χ0n) is 17.8. The summed E-state index contributed by atoms with van der Waals surface area (Å²) in [6.45, 7) is 1.58. The molecular weight excluding hydrogens is 424 g/mol. The Morgan fingerprint density at radius 1 is 1.03 bits per heavy atom. The molecule has 1 aromatic heterocycles. The average Bonchev–Trinajstić information content (AvgIpc) is 3.43. The van der Waals surface area contributed by atoms with Gasteiger partial charge in [0, 0.05) is 12.1 Å². The van der Waals surface area contributed by atoms with Crippen LogP contribution in [0.1, 0.15) is 28.6 Å². The Balaban J connectivity index is 1.54. The predicted molar refractivity (Wildman–Crippen MR) is 119 cm³/mol. The van der Waals surface area contributed by atoms with Gasteiger partial charge in [-0.15, -0.1) is 0 Å². The second-order valence-corrected chi connectivity index (χ2v) is 7.80. The number of hydrogen-bond acceptors (Lipinski definition) is 5. The van der Waals surface area contributed by atoms with Crippen molar-refractivity contribution in [1.29, 1.82) is 0 Å². The first-order valence-corrected chi connectivity index (χ1v) is 10.3. The molecule has 1 aliphatic rings. The van der Waals surface area contributed by atoms with Gasteiger partial charge in [-0.05, 0) is 42.3 Å². The fourth-order valence-corrected chi connectivity index (χ4v) is 3.58. The van der Waals surface area contributed by atoms with E-state index in [0.29, 0.717) is 11.3 Å². The summed E-state index contributed by atoms with van der Waals surface area (Å²) in [7, 11) is 0. The zero-order chi connectivity index (χ0) is 23.4.